The van der Waals surface area contributed by atoms with E-state index in [4.69, 9.17) is 4.42 Å². The summed E-state index contributed by atoms with van der Waals surface area (Å²) in [6.45, 7) is 6.89. The van der Waals surface area contributed by atoms with Gasteiger partial charge in [-0.2, -0.15) is 0 Å². The van der Waals surface area contributed by atoms with Gasteiger partial charge in [-0.1, -0.05) is 0 Å². The quantitative estimate of drug-likeness (QED) is 0.453. The van der Waals surface area contributed by atoms with Crippen molar-refractivity contribution in [3.8, 4) is 0 Å². The van der Waals surface area contributed by atoms with Crippen molar-refractivity contribution in [2.24, 2.45) is 0 Å². The van der Waals surface area contributed by atoms with Gasteiger partial charge in [-0.25, -0.2) is 0 Å². The molecular weight excluding hydrogens is 409 g/mol. The standard InChI is InChI=1S/3C4H9.C3HBrNO.Sn/c3*1-3-4-2;4-3-1-6-2-5-3;/h3*1,3-4H2,2H3;2H;. The number of rotatable bonds is 10. The second-order valence-corrected chi connectivity index (χ2v) is 19.2. The van der Waals surface area contributed by atoms with Crippen molar-refractivity contribution in [1.82, 2.24) is 4.98 Å². The van der Waals surface area contributed by atoms with Crippen molar-refractivity contribution in [2.45, 2.75) is 72.6 Å². The van der Waals surface area contributed by atoms with Gasteiger partial charge in [0.2, 0.25) is 0 Å². The predicted molar refractivity (Wildman–Crippen MR) is 88.7 cm³/mol. The third-order valence-corrected chi connectivity index (χ3v) is 20.6. The van der Waals surface area contributed by atoms with Gasteiger partial charge in [0.25, 0.3) is 0 Å². The van der Waals surface area contributed by atoms with E-state index in [1.165, 1.54) is 55.6 Å². The van der Waals surface area contributed by atoms with E-state index in [2.05, 4.69) is 41.7 Å². The van der Waals surface area contributed by atoms with Crippen LogP contribution in [0, 0.1) is 0 Å². The van der Waals surface area contributed by atoms with E-state index in [1.807, 2.05) is 0 Å². The van der Waals surface area contributed by atoms with Crippen LogP contribution in [0.5, 0.6) is 0 Å². The first-order valence-electron chi connectivity index (χ1n) is 7.79. The second kappa shape index (κ2) is 9.43. The van der Waals surface area contributed by atoms with Gasteiger partial charge < -0.3 is 0 Å². The van der Waals surface area contributed by atoms with Crippen LogP contribution in [0.25, 0.3) is 0 Å². The number of hydrogen-bond acceptors (Lipinski definition) is 2. The maximum atomic E-state index is 5.86. The van der Waals surface area contributed by atoms with Gasteiger partial charge in [0.1, 0.15) is 0 Å². The summed E-state index contributed by atoms with van der Waals surface area (Å²) < 4.78 is 12.4. The van der Waals surface area contributed by atoms with E-state index in [1.54, 1.807) is 6.39 Å². The van der Waals surface area contributed by atoms with Crippen molar-refractivity contribution in [1.29, 1.82) is 0 Å². The molecule has 1 aromatic heterocycles. The average molecular weight is 437 g/mol. The van der Waals surface area contributed by atoms with Crippen LogP contribution >= 0.6 is 15.9 Å². The number of halogens is 1. The summed E-state index contributed by atoms with van der Waals surface area (Å²) in [5.41, 5.74) is 0. The first-order chi connectivity index (χ1) is 9.20. The SMILES string of the molecule is CCC[CH2][Sn]([CH2]CCC)([CH2]CCC)[c]1ocnc1Br. The van der Waals surface area contributed by atoms with E-state index in [0.29, 0.717) is 0 Å². The molecule has 0 amide bonds. The zero-order valence-corrected chi connectivity index (χ0v) is 17.1. The zero-order chi connectivity index (χ0) is 14.1. The van der Waals surface area contributed by atoms with E-state index in [0.717, 1.165) is 4.60 Å². The molecule has 0 saturated heterocycles. The molecule has 1 aromatic rings. The van der Waals surface area contributed by atoms with Crippen LogP contribution in [0.2, 0.25) is 13.3 Å². The average Bonchev–Trinajstić information content (AvgIpc) is 2.85. The molecule has 19 heavy (non-hydrogen) atoms. The number of aromatic nitrogens is 1. The van der Waals surface area contributed by atoms with Crippen molar-refractivity contribution in [3.05, 3.63) is 11.0 Å². The van der Waals surface area contributed by atoms with E-state index < -0.39 is 18.4 Å². The Morgan fingerprint density at radius 3 is 1.79 bits per heavy atom. The molecule has 0 fully saturated rings. The van der Waals surface area contributed by atoms with Gasteiger partial charge in [0.05, 0.1) is 0 Å². The van der Waals surface area contributed by atoms with Crippen LogP contribution < -0.4 is 3.78 Å². The Balaban J connectivity index is 2.97. The Labute approximate surface area is 130 Å². The first-order valence-corrected chi connectivity index (χ1v) is 16.1. The van der Waals surface area contributed by atoms with E-state index in [-0.39, 0.29) is 0 Å². The fraction of sp³-hybridized carbons (Fsp3) is 0.800. The Hall–Kier alpha value is 0.489. The van der Waals surface area contributed by atoms with Crippen molar-refractivity contribution >= 4 is 38.1 Å². The molecular formula is C15H28BrNOSn. The molecule has 0 aliphatic rings. The molecule has 1 heterocycles. The molecule has 110 valence electrons. The zero-order valence-electron chi connectivity index (χ0n) is 12.7. The molecule has 2 nitrogen and oxygen atoms in total. The van der Waals surface area contributed by atoms with Gasteiger partial charge in [0.15, 0.2) is 0 Å². The fourth-order valence-corrected chi connectivity index (χ4v) is 21.0. The normalized spacial score (nSPS) is 12.0. The molecule has 0 unspecified atom stereocenters. The molecule has 0 saturated carbocycles. The third-order valence-electron chi connectivity index (χ3n) is 4.03. The van der Waals surface area contributed by atoms with Crippen LogP contribution in [0.3, 0.4) is 0 Å². The molecule has 1 rings (SSSR count). The van der Waals surface area contributed by atoms with E-state index in [9.17, 15) is 0 Å². The summed E-state index contributed by atoms with van der Waals surface area (Å²) in [7, 11) is 0. The summed E-state index contributed by atoms with van der Waals surface area (Å²) >= 11 is 1.25. The minimum atomic E-state index is -2.37. The van der Waals surface area contributed by atoms with E-state index >= 15 is 0 Å². The first kappa shape index (κ1) is 17.5. The summed E-state index contributed by atoms with van der Waals surface area (Å²) in [5.74, 6) is 0. The number of hydrogen-bond donors (Lipinski definition) is 0. The van der Waals surface area contributed by atoms with Crippen molar-refractivity contribution < 1.29 is 4.42 Å². The Bertz CT molecular complexity index is 332. The Kier molecular flexibility index (Phi) is 8.70. The van der Waals surface area contributed by atoms with Crippen LogP contribution in [0.4, 0.5) is 0 Å². The van der Waals surface area contributed by atoms with Crippen molar-refractivity contribution in [3.63, 3.8) is 0 Å². The topological polar surface area (TPSA) is 26.0 Å². The fourth-order valence-electron chi connectivity index (χ4n) is 2.84. The molecule has 0 aromatic carbocycles. The van der Waals surface area contributed by atoms with Gasteiger partial charge in [-0.15, -0.1) is 0 Å². The summed E-state index contributed by atoms with van der Waals surface area (Å²) in [6.07, 6.45) is 9.59. The third kappa shape index (κ3) is 5.07. The number of nitrogens with zero attached hydrogens (tertiary/aromatic N) is 1. The molecule has 0 radical (unpaired) electrons. The molecule has 0 aliphatic heterocycles. The molecule has 4 heteroatoms. The molecule has 0 aliphatic carbocycles. The predicted octanol–water partition coefficient (Wildman–Crippen LogP) is 5.49. The van der Waals surface area contributed by atoms with Crippen molar-refractivity contribution in [2.75, 3.05) is 0 Å². The summed E-state index contributed by atoms with van der Waals surface area (Å²) in [4.78, 5) is 4.31. The van der Waals surface area contributed by atoms with Gasteiger partial charge >= 0.3 is 131 Å². The monoisotopic (exact) mass is 437 g/mol. The van der Waals surface area contributed by atoms with Gasteiger partial charge in [-0.3, -0.25) is 0 Å². The molecule has 0 atom stereocenters. The summed E-state index contributed by atoms with van der Waals surface area (Å²) in [5, 5.41) is 0. The van der Waals surface area contributed by atoms with Crippen LogP contribution in [0.1, 0.15) is 59.3 Å². The molecule has 0 bridgehead atoms. The minimum absolute atomic E-state index is 1.01. The number of oxazole rings is 1. The maximum absolute atomic E-state index is 5.86. The van der Waals surface area contributed by atoms with Crippen LogP contribution in [-0.2, 0) is 0 Å². The Morgan fingerprint density at radius 2 is 1.47 bits per heavy atom. The molecule has 0 N–H and O–H groups in total. The number of unbranched alkanes of at least 4 members (excludes halogenated alkanes) is 3. The summed E-state index contributed by atoms with van der Waals surface area (Å²) in [6, 6.07) is 0. The second-order valence-electron chi connectivity index (χ2n) is 5.56. The van der Waals surface area contributed by atoms with Gasteiger partial charge in [0, 0.05) is 0 Å². The van der Waals surface area contributed by atoms with Crippen LogP contribution in [-0.4, -0.2) is 23.4 Å². The van der Waals surface area contributed by atoms with Gasteiger partial charge in [-0.05, 0) is 0 Å². The molecule has 0 spiro atoms. The van der Waals surface area contributed by atoms with Crippen LogP contribution in [0.15, 0.2) is 15.4 Å². The Morgan fingerprint density at radius 1 is 1.00 bits per heavy atom.